The number of rotatable bonds is 5. The van der Waals surface area contributed by atoms with E-state index in [9.17, 15) is 12.8 Å². The molecule has 0 aliphatic carbocycles. The Balaban J connectivity index is 2.13. The lowest BCUT2D eigenvalue weighted by Gasteiger charge is -2.22. The summed E-state index contributed by atoms with van der Waals surface area (Å²) in [6, 6.07) is 2.20. The van der Waals surface area contributed by atoms with Crippen molar-refractivity contribution in [1.29, 1.82) is 0 Å². The van der Waals surface area contributed by atoms with Gasteiger partial charge in [0, 0.05) is 19.7 Å². The van der Waals surface area contributed by atoms with Gasteiger partial charge in [0.1, 0.15) is 5.82 Å². The van der Waals surface area contributed by atoms with Gasteiger partial charge in [-0.3, -0.25) is 0 Å². The molecule has 1 heterocycles. The van der Waals surface area contributed by atoms with Gasteiger partial charge in [0.15, 0.2) is 0 Å². The van der Waals surface area contributed by atoms with Crippen LogP contribution in [0.2, 0.25) is 5.02 Å². The standard InChI is InChI=1S/C13H18ClFN2O3S/c14-13-10(6-16)4-11(5-12(13)15)21(18,19)17-7-9-2-1-3-20-8-9/h4-5,9,17H,1-3,6-8,16H2. The van der Waals surface area contributed by atoms with Crippen molar-refractivity contribution in [3.8, 4) is 0 Å². The summed E-state index contributed by atoms with van der Waals surface area (Å²) in [5.41, 5.74) is 5.70. The molecule has 0 amide bonds. The molecule has 0 bridgehead atoms. The number of benzene rings is 1. The van der Waals surface area contributed by atoms with Crippen LogP contribution in [-0.4, -0.2) is 28.2 Å². The molecule has 1 aromatic rings. The first kappa shape index (κ1) is 16.6. The lowest BCUT2D eigenvalue weighted by atomic mass is 10.0. The Morgan fingerprint density at radius 3 is 2.86 bits per heavy atom. The maximum Gasteiger partial charge on any atom is 0.240 e. The molecule has 1 aliphatic rings. The van der Waals surface area contributed by atoms with Crippen molar-refractivity contribution in [2.24, 2.45) is 11.7 Å². The van der Waals surface area contributed by atoms with Gasteiger partial charge in [-0.2, -0.15) is 0 Å². The highest BCUT2D eigenvalue weighted by atomic mass is 35.5. The SMILES string of the molecule is NCc1cc(S(=O)(=O)NCC2CCCOC2)cc(F)c1Cl. The van der Waals surface area contributed by atoms with Gasteiger partial charge >= 0.3 is 0 Å². The monoisotopic (exact) mass is 336 g/mol. The van der Waals surface area contributed by atoms with Crippen molar-refractivity contribution in [2.45, 2.75) is 24.3 Å². The molecule has 0 aromatic heterocycles. The van der Waals surface area contributed by atoms with Crippen molar-refractivity contribution >= 4 is 21.6 Å². The number of sulfonamides is 1. The van der Waals surface area contributed by atoms with E-state index < -0.39 is 15.8 Å². The van der Waals surface area contributed by atoms with E-state index in [-0.39, 0.29) is 34.5 Å². The van der Waals surface area contributed by atoms with Crippen LogP contribution in [0.4, 0.5) is 4.39 Å². The Bertz CT molecular complexity index is 604. The minimum absolute atomic E-state index is 0.0322. The molecule has 1 atom stereocenters. The lowest BCUT2D eigenvalue weighted by molar-refractivity contribution is 0.0568. The second kappa shape index (κ2) is 7.02. The molecule has 1 fully saturated rings. The molecule has 2 rings (SSSR count). The quantitative estimate of drug-likeness (QED) is 0.856. The van der Waals surface area contributed by atoms with Crippen molar-refractivity contribution < 1.29 is 17.5 Å². The molecular weight excluding hydrogens is 319 g/mol. The van der Waals surface area contributed by atoms with Gasteiger partial charge in [0.05, 0.1) is 16.5 Å². The van der Waals surface area contributed by atoms with Crippen LogP contribution in [0.25, 0.3) is 0 Å². The summed E-state index contributed by atoms with van der Waals surface area (Å²) in [5.74, 6) is -0.652. The zero-order valence-electron chi connectivity index (χ0n) is 11.4. The van der Waals surface area contributed by atoms with Crippen LogP contribution in [0.1, 0.15) is 18.4 Å². The first-order valence-electron chi connectivity index (χ1n) is 6.69. The predicted molar refractivity (Wildman–Crippen MR) is 78.0 cm³/mol. The molecule has 3 N–H and O–H groups in total. The fourth-order valence-corrected chi connectivity index (χ4v) is 3.57. The van der Waals surface area contributed by atoms with Crippen LogP contribution in [0.15, 0.2) is 17.0 Å². The van der Waals surface area contributed by atoms with E-state index in [1.165, 1.54) is 6.07 Å². The average molecular weight is 337 g/mol. The van der Waals surface area contributed by atoms with E-state index in [4.69, 9.17) is 22.1 Å². The number of hydrogen-bond donors (Lipinski definition) is 2. The van der Waals surface area contributed by atoms with E-state index in [0.717, 1.165) is 18.9 Å². The maximum absolute atomic E-state index is 13.7. The summed E-state index contributed by atoms with van der Waals surface area (Å²) < 4.78 is 45.8. The summed E-state index contributed by atoms with van der Waals surface area (Å²) in [7, 11) is -3.79. The van der Waals surface area contributed by atoms with Crippen molar-refractivity contribution in [1.82, 2.24) is 4.72 Å². The minimum Gasteiger partial charge on any atom is -0.381 e. The Morgan fingerprint density at radius 2 is 2.24 bits per heavy atom. The number of nitrogens with one attached hydrogen (secondary N) is 1. The van der Waals surface area contributed by atoms with E-state index in [1.807, 2.05) is 0 Å². The van der Waals surface area contributed by atoms with Gasteiger partial charge in [-0.05, 0) is 36.5 Å². The smallest absolute Gasteiger partial charge is 0.240 e. The molecule has 0 spiro atoms. The maximum atomic E-state index is 13.7. The topological polar surface area (TPSA) is 81.4 Å². The molecule has 0 radical (unpaired) electrons. The van der Waals surface area contributed by atoms with E-state index >= 15 is 0 Å². The molecule has 8 heteroatoms. The van der Waals surface area contributed by atoms with Crippen LogP contribution < -0.4 is 10.5 Å². The van der Waals surface area contributed by atoms with Gasteiger partial charge in [-0.15, -0.1) is 0 Å². The normalized spacial score (nSPS) is 19.7. The third kappa shape index (κ3) is 4.14. The summed E-state index contributed by atoms with van der Waals surface area (Å²) >= 11 is 5.73. The Labute approximate surface area is 128 Å². The van der Waals surface area contributed by atoms with Gasteiger partial charge in [-0.25, -0.2) is 17.5 Å². The lowest BCUT2D eigenvalue weighted by Crippen LogP contribution is -2.33. The molecule has 1 saturated heterocycles. The fraction of sp³-hybridized carbons (Fsp3) is 0.538. The molecule has 118 valence electrons. The van der Waals surface area contributed by atoms with E-state index in [0.29, 0.717) is 13.2 Å². The number of hydrogen-bond acceptors (Lipinski definition) is 4. The predicted octanol–water partition coefficient (Wildman–Crippen LogP) is 1.64. The molecular formula is C13H18ClFN2O3S. The number of ether oxygens (including phenoxy) is 1. The van der Waals surface area contributed by atoms with Gasteiger partial charge in [0.25, 0.3) is 0 Å². The van der Waals surface area contributed by atoms with Crippen LogP contribution in [0, 0.1) is 11.7 Å². The first-order chi connectivity index (χ1) is 9.94. The fourth-order valence-electron chi connectivity index (χ4n) is 2.20. The van der Waals surface area contributed by atoms with Crippen LogP contribution in [-0.2, 0) is 21.3 Å². The summed E-state index contributed by atoms with van der Waals surface area (Å²) in [4.78, 5) is -0.165. The van der Waals surface area contributed by atoms with Gasteiger partial charge in [-0.1, -0.05) is 11.6 Å². The number of nitrogens with two attached hydrogens (primary N) is 1. The highest BCUT2D eigenvalue weighted by Crippen LogP contribution is 2.24. The molecule has 1 unspecified atom stereocenters. The van der Waals surface area contributed by atoms with Crippen LogP contribution >= 0.6 is 11.6 Å². The second-order valence-corrected chi connectivity index (χ2v) is 7.16. The number of halogens is 2. The van der Waals surface area contributed by atoms with E-state index in [2.05, 4.69) is 4.72 Å². The third-order valence-electron chi connectivity index (χ3n) is 3.42. The summed E-state index contributed by atoms with van der Waals surface area (Å²) in [5, 5.41) is -0.142. The average Bonchev–Trinajstić information content (AvgIpc) is 2.49. The molecule has 5 nitrogen and oxygen atoms in total. The van der Waals surface area contributed by atoms with Crippen LogP contribution in [0.3, 0.4) is 0 Å². The van der Waals surface area contributed by atoms with Gasteiger partial charge < -0.3 is 10.5 Å². The third-order valence-corrected chi connectivity index (χ3v) is 5.25. The van der Waals surface area contributed by atoms with Crippen molar-refractivity contribution in [2.75, 3.05) is 19.8 Å². The molecule has 1 aliphatic heterocycles. The van der Waals surface area contributed by atoms with Crippen LogP contribution in [0.5, 0.6) is 0 Å². The first-order valence-corrected chi connectivity index (χ1v) is 8.55. The molecule has 21 heavy (non-hydrogen) atoms. The summed E-state index contributed by atoms with van der Waals surface area (Å²) in [6.45, 7) is 1.48. The van der Waals surface area contributed by atoms with Crippen molar-refractivity contribution in [3.63, 3.8) is 0 Å². The van der Waals surface area contributed by atoms with Gasteiger partial charge in [0.2, 0.25) is 10.0 Å². The highest BCUT2D eigenvalue weighted by Gasteiger charge is 2.21. The largest absolute Gasteiger partial charge is 0.381 e. The zero-order chi connectivity index (χ0) is 15.5. The van der Waals surface area contributed by atoms with Crippen molar-refractivity contribution in [3.05, 3.63) is 28.5 Å². The summed E-state index contributed by atoms with van der Waals surface area (Å²) in [6.07, 6.45) is 1.82. The second-order valence-electron chi connectivity index (χ2n) is 5.02. The minimum atomic E-state index is -3.79. The Hall–Kier alpha value is -0.730. The zero-order valence-corrected chi connectivity index (χ0v) is 13.0. The highest BCUT2D eigenvalue weighted by molar-refractivity contribution is 7.89. The Kier molecular flexibility index (Phi) is 5.56. The molecule has 0 saturated carbocycles. The Morgan fingerprint density at radius 1 is 1.48 bits per heavy atom. The van der Waals surface area contributed by atoms with E-state index in [1.54, 1.807) is 0 Å². The molecule has 1 aromatic carbocycles.